The number of methoxy groups -OCH3 is 1. The van der Waals surface area contributed by atoms with E-state index in [0.717, 1.165) is 24.8 Å². The van der Waals surface area contributed by atoms with Gasteiger partial charge in [0.05, 0.1) is 13.7 Å². The number of amides is 1. The van der Waals surface area contributed by atoms with Crippen molar-refractivity contribution in [3.05, 3.63) is 35.9 Å². The summed E-state index contributed by atoms with van der Waals surface area (Å²) >= 11 is 0. The van der Waals surface area contributed by atoms with Crippen LogP contribution in [0.25, 0.3) is 0 Å². The van der Waals surface area contributed by atoms with Crippen LogP contribution in [0.1, 0.15) is 37.7 Å². The molecule has 0 saturated heterocycles. The summed E-state index contributed by atoms with van der Waals surface area (Å²) in [5.41, 5.74) is 0.135. The third-order valence-electron chi connectivity index (χ3n) is 4.01. The predicted octanol–water partition coefficient (Wildman–Crippen LogP) is 2.20. The number of carbonyl (C=O) groups is 2. The molecule has 0 unspecified atom stereocenters. The first kappa shape index (κ1) is 16.5. The van der Waals surface area contributed by atoms with E-state index in [2.05, 4.69) is 5.32 Å². The lowest BCUT2D eigenvalue weighted by atomic mass is 9.81. The van der Waals surface area contributed by atoms with E-state index < -0.39 is 5.54 Å². The van der Waals surface area contributed by atoms with Crippen LogP contribution in [0.4, 0.5) is 0 Å². The zero-order valence-corrected chi connectivity index (χ0v) is 13.0. The lowest BCUT2D eigenvalue weighted by Gasteiger charge is -2.35. The fourth-order valence-electron chi connectivity index (χ4n) is 2.87. The molecule has 0 aromatic heterocycles. The minimum absolute atomic E-state index is 0.0619. The molecule has 1 aromatic rings. The average Bonchev–Trinajstić information content (AvgIpc) is 2.56. The maximum atomic E-state index is 12.1. The van der Waals surface area contributed by atoms with E-state index >= 15 is 0 Å². The van der Waals surface area contributed by atoms with Gasteiger partial charge in [-0.05, 0) is 18.4 Å². The summed E-state index contributed by atoms with van der Waals surface area (Å²) in [6.45, 7) is 0.313. The topological polar surface area (TPSA) is 64.6 Å². The Labute approximate surface area is 131 Å². The van der Waals surface area contributed by atoms with Crippen molar-refractivity contribution in [2.45, 2.75) is 44.2 Å². The lowest BCUT2D eigenvalue weighted by molar-refractivity contribution is -0.153. The molecule has 1 aliphatic rings. The molecule has 120 valence electrons. The molecule has 2 rings (SSSR count). The second kappa shape index (κ2) is 7.94. The van der Waals surface area contributed by atoms with Gasteiger partial charge in [0.15, 0.2) is 0 Å². The molecule has 0 bridgehead atoms. The van der Waals surface area contributed by atoms with Gasteiger partial charge >= 0.3 is 5.97 Å². The van der Waals surface area contributed by atoms with Crippen LogP contribution in [0.3, 0.4) is 0 Å². The molecule has 0 heterocycles. The third-order valence-corrected chi connectivity index (χ3v) is 4.01. The second-order valence-corrected chi connectivity index (χ2v) is 5.66. The zero-order chi connectivity index (χ0) is 15.8. The number of hydrogen-bond acceptors (Lipinski definition) is 4. The fourth-order valence-corrected chi connectivity index (χ4v) is 2.87. The highest BCUT2D eigenvalue weighted by atomic mass is 16.5. The minimum atomic E-state index is -0.875. The second-order valence-electron chi connectivity index (χ2n) is 5.66. The van der Waals surface area contributed by atoms with Crippen molar-refractivity contribution in [3.63, 3.8) is 0 Å². The van der Waals surface area contributed by atoms with Crippen LogP contribution in [0, 0.1) is 0 Å². The van der Waals surface area contributed by atoms with Crippen molar-refractivity contribution in [3.8, 4) is 0 Å². The van der Waals surface area contributed by atoms with Gasteiger partial charge in [-0.1, -0.05) is 49.6 Å². The van der Waals surface area contributed by atoms with Crippen molar-refractivity contribution in [1.82, 2.24) is 5.32 Å². The fraction of sp³-hybridized carbons (Fsp3) is 0.529. The molecule has 0 aliphatic heterocycles. The molecule has 1 aliphatic carbocycles. The number of ether oxygens (including phenoxy) is 2. The first-order valence-corrected chi connectivity index (χ1v) is 7.67. The van der Waals surface area contributed by atoms with E-state index in [1.807, 2.05) is 30.3 Å². The van der Waals surface area contributed by atoms with Crippen LogP contribution < -0.4 is 5.32 Å². The molecule has 1 saturated carbocycles. The Bertz CT molecular complexity index is 495. The molecule has 0 atom stereocenters. The Morgan fingerprint density at radius 1 is 1.14 bits per heavy atom. The Kier molecular flexibility index (Phi) is 5.95. The molecule has 1 fully saturated rings. The molecule has 5 nitrogen and oxygen atoms in total. The van der Waals surface area contributed by atoms with Gasteiger partial charge in [0, 0.05) is 0 Å². The summed E-state index contributed by atoms with van der Waals surface area (Å²) in [6.07, 6.45) is 4.17. The summed E-state index contributed by atoms with van der Waals surface area (Å²) in [7, 11) is 1.36. The monoisotopic (exact) mass is 305 g/mol. The van der Waals surface area contributed by atoms with E-state index in [4.69, 9.17) is 9.47 Å². The van der Waals surface area contributed by atoms with Crippen LogP contribution in [0.5, 0.6) is 0 Å². The maximum Gasteiger partial charge on any atom is 0.331 e. The molecule has 1 N–H and O–H groups in total. The standard InChI is InChI=1S/C17H23NO4/c1-21-16(20)17(10-6-3-7-11-17)18-15(19)13-22-12-14-8-4-2-5-9-14/h2,4-5,8-9H,3,6-7,10-13H2,1H3,(H,18,19). The van der Waals surface area contributed by atoms with E-state index in [0.29, 0.717) is 19.4 Å². The first-order chi connectivity index (χ1) is 10.7. The molecular weight excluding hydrogens is 282 g/mol. The highest BCUT2D eigenvalue weighted by Gasteiger charge is 2.41. The van der Waals surface area contributed by atoms with Crippen molar-refractivity contribution in [2.24, 2.45) is 0 Å². The van der Waals surface area contributed by atoms with Crippen LogP contribution in [-0.2, 0) is 25.7 Å². The highest BCUT2D eigenvalue weighted by Crippen LogP contribution is 2.29. The molecule has 22 heavy (non-hydrogen) atoms. The number of nitrogens with one attached hydrogen (secondary N) is 1. The van der Waals surface area contributed by atoms with Gasteiger partial charge in [0.1, 0.15) is 12.1 Å². The van der Waals surface area contributed by atoms with Gasteiger partial charge < -0.3 is 14.8 Å². The molecule has 0 spiro atoms. The first-order valence-electron chi connectivity index (χ1n) is 7.67. The molecular formula is C17H23NO4. The van der Waals surface area contributed by atoms with Crippen molar-refractivity contribution >= 4 is 11.9 Å². The number of hydrogen-bond donors (Lipinski definition) is 1. The average molecular weight is 305 g/mol. The summed E-state index contributed by atoms with van der Waals surface area (Å²) < 4.78 is 10.3. The van der Waals surface area contributed by atoms with Crippen LogP contribution >= 0.6 is 0 Å². The van der Waals surface area contributed by atoms with Gasteiger partial charge in [-0.25, -0.2) is 4.79 Å². The maximum absolute atomic E-state index is 12.1. The van der Waals surface area contributed by atoms with Crippen molar-refractivity contribution in [1.29, 1.82) is 0 Å². The number of esters is 1. The van der Waals surface area contributed by atoms with E-state index in [1.165, 1.54) is 7.11 Å². The quantitative estimate of drug-likeness (QED) is 0.818. The van der Waals surface area contributed by atoms with Gasteiger partial charge in [-0.15, -0.1) is 0 Å². The van der Waals surface area contributed by atoms with Gasteiger partial charge in [-0.3, -0.25) is 4.79 Å². The van der Waals surface area contributed by atoms with Crippen LogP contribution in [0.2, 0.25) is 0 Å². The molecule has 1 aromatic carbocycles. The summed E-state index contributed by atoms with van der Waals surface area (Å²) in [5, 5.41) is 2.83. The Morgan fingerprint density at radius 2 is 1.82 bits per heavy atom. The van der Waals surface area contributed by atoms with Crippen molar-refractivity contribution in [2.75, 3.05) is 13.7 Å². The number of rotatable bonds is 6. The lowest BCUT2D eigenvalue weighted by Crippen LogP contribution is -2.56. The largest absolute Gasteiger partial charge is 0.467 e. The van der Waals surface area contributed by atoms with E-state index in [9.17, 15) is 9.59 Å². The molecule has 5 heteroatoms. The van der Waals surface area contributed by atoms with Crippen molar-refractivity contribution < 1.29 is 19.1 Å². The Morgan fingerprint density at radius 3 is 2.45 bits per heavy atom. The van der Waals surface area contributed by atoms with E-state index in [1.54, 1.807) is 0 Å². The minimum Gasteiger partial charge on any atom is -0.467 e. The van der Waals surface area contributed by atoms with Crippen LogP contribution in [-0.4, -0.2) is 31.1 Å². The predicted molar refractivity (Wildman–Crippen MR) is 82.1 cm³/mol. The molecule has 0 radical (unpaired) electrons. The highest BCUT2D eigenvalue weighted by molar-refractivity contribution is 5.88. The summed E-state index contributed by atoms with van der Waals surface area (Å²) in [5.74, 6) is -0.633. The SMILES string of the molecule is COC(=O)C1(NC(=O)COCc2ccccc2)CCCCC1. The number of benzene rings is 1. The summed E-state index contributed by atoms with van der Waals surface area (Å²) in [4.78, 5) is 24.1. The zero-order valence-electron chi connectivity index (χ0n) is 13.0. The molecule has 1 amide bonds. The van der Waals surface area contributed by atoms with Crippen LogP contribution in [0.15, 0.2) is 30.3 Å². The van der Waals surface area contributed by atoms with Gasteiger partial charge in [-0.2, -0.15) is 0 Å². The van der Waals surface area contributed by atoms with Gasteiger partial charge in [0.2, 0.25) is 5.91 Å². The normalized spacial score (nSPS) is 16.8. The third kappa shape index (κ3) is 4.31. The van der Waals surface area contributed by atoms with E-state index in [-0.39, 0.29) is 18.5 Å². The Balaban J connectivity index is 1.84. The summed E-state index contributed by atoms with van der Waals surface area (Å²) in [6, 6.07) is 9.66. The smallest absolute Gasteiger partial charge is 0.331 e. The number of carbonyl (C=O) groups excluding carboxylic acids is 2. The van der Waals surface area contributed by atoms with Gasteiger partial charge in [0.25, 0.3) is 0 Å². The Hall–Kier alpha value is -1.88.